The molecule has 0 spiro atoms. The summed E-state index contributed by atoms with van der Waals surface area (Å²) in [7, 11) is 0. The van der Waals surface area contributed by atoms with Gasteiger partial charge in [0.15, 0.2) is 0 Å². The molecule has 0 radical (unpaired) electrons. The Kier molecular flexibility index (Phi) is 3.72. The van der Waals surface area contributed by atoms with Crippen LogP contribution in [0.3, 0.4) is 0 Å². The number of para-hydroxylation sites is 1. The Morgan fingerprint density at radius 3 is 2.61 bits per heavy atom. The second-order valence-electron chi connectivity index (χ2n) is 3.82. The van der Waals surface area contributed by atoms with E-state index in [2.05, 4.69) is 20.6 Å². The van der Waals surface area contributed by atoms with E-state index in [0.29, 0.717) is 17.3 Å². The summed E-state index contributed by atoms with van der Waals surface area (Å²) in [4.78, 5) is 8.46. The van der Waals surface area contributed by atoms with Gasteiger partial charge in [-0.15, -0.1) is 0 Å². The van der Waals surface area contributed by atoms with E-state index in [9.17, 15) is 4.39 Å². The molecule has 94 valence electrons. The first kappa shape index (κ1) is 12.3. The molecule has 0 aliphatic carbocycles. The van der Waals surface area contributed by atoms with E-state index in [-0.39, 0.29) is 5.82 Å². The maximum Gasteiger partial charge on any atom is 0.146 e. The molecule has 5 heteroatoms. The van der Waals surface area contributed by atoms with Gasteiger partial charge in [0.1, 0.15) is 23.3 Å². The van der Waals surface area contributed by atoms with E-state index < -0.39 is 0 Å². The van der Waals surface area contributed by atoms with Crippen LogP contribution in [-0.4, -0.2) is 16.5 Å². The second kappa shape index (κ2) is 5.44. The van der Waals surface area contributed by atoms with Crippen LogP contribution in [0.2, 0.25) is 0 Å². The molecular formula is C13H15FN4. The highest BCUT2D eigenvalue weighted by Crippen LogP contribution is 2.19. The summed E-state index contributed by atoms with van der Waals surface area (Å²) in [6, 6.07) is 8.24. The number of anilines is 3. The van der Waals surface area contributed by atoms with Crippen molar-refractivity contribution in [3.63, 3.8) is 0 Å². The van der Waals surface area contributed by atoms with Gasteiger partial charge < -0.3 is 10.6 Å². The van der Waals surface area contributed by atoms with Gasteiger partial charge in [0.05, 0.1) is 5.69 Å². The van der Waals surface area contributed by atoms with Crippen LogP contribution in [-0.2, 0) is 0 Å². The van der Waals surface area contributed by atoms with Crippen molar-refractivity contribution in [2.75, 3.05) is 17.2 Å². The molecule has 2 aromatic rings. The van der Waals surface area contributed by atoms with Crippen molar-refractivity contribution in [2.24, 2.45) is 0 Å². The van der Waals surface area contributed by atoms with Crippen LogP contribution in [0.4, 0.5) is 21.7 Å². The standard InChI is InChI=1S/C13H15FN4/c1-3-15-12-8-13(17-9(2)16-12)18-11-7-5-4-6-10(11)14/h4-8H,3H2,1-2H3,(H2,15,16,17,18). The van der Waals surface area contributed by atoms with E-state index >= 15 is 0 Å². The molecule has 0 aliphatic heterocycles. The minimum Gasteiger partial charge on any atom is -0.370 e. The molecule has 0 unspecified atom stereocenters. The zero-order valence-corrected chi connectivity index (χ0v) is 10.4. The van der Waals surface area contributed by atoms with Crippen molar-refractivity contribution >= 4 is 17.3 Å². The third kappa shape index (κ3) is 2.94. The second-order valence-corrected chi connectivity index (χ2v) is 3.82. The Balaban J connectivity index is 2.26. The average Bonchev–Trinajstić information content (AvgIpc) is 2.32. The molecule has 0 atom stereocenters. The molecule has 0 fully saturated rings. The molecule has 0 amide bonds. The van der Waals surface area contributed by atoms with Crippen LogP contribution >= 0.6 is 0 Å². The molecule has 0 bridgehead atoms. The number of aryl methyl sites for hydroxylation is 1. The van der Waals surface area contributed by atoms with E-state index in [1.54, 1.807) is 31.2 Å². The largest absolute Gasteiger partial charge is 0.370 e. The van der Waals surface area contributed by atoms with Crippen LogP contribution in [0, 0.1) is 12.7 Å². The maximum atomic E-state index is 13.5. The minimum atomic E-state index is -0.307. The Morgan fingerprint density at radius 1 is 1.17 bits per heavy atom. The number of rotatable bonds is 4. The summed E-state index contributed by atoms with van der Waals surface area (Å²) in [6.07, 6.45) is 0. The first-order chi connectivity index (χ1) is 8.69. The molecule has 1 heterocycles. The topological polar surface area (TPSA) is 49.8 Å². The number of hydrogen-bond donors (Lipinski definition) is 2. The lowest BCUT2D eigenvalue weighted by molar-refractivity contribution is 0.632. The normalized spacial score (nSPS) is 10.2. The Hall–Kier alpha value is -2.17. The predicted octanol–water partition coefficient (Wildman–Crippen LogP) is 3.10. The number of aromatic nitrogens is 2. The lowest BCUT2D eigenvalue weighted by Crippen LogP contribution is -2.04. The summed E-state index contributed by atoms with van der Waals surface area (Å²) < 4.78 is 13.5. The minimum absolute atomic E-state index is 0.307. The number of hydrogen-bond acceptors (Lipinski definition) is 4. The first-order valence-corrected chi connectivity index (χ1v) is 5.80. The van der Waals surface area contributed by atoms with Gasteiger partial charge in [-0.3, -0.25) is 0 Å². The van der Waals surface area contributed by atoms with E-state index in [1.807, 2.05) is 6.92 Å². The molecule has 2 rings (SSSR count). The summed E-state index contributed by atoms with van der Waals surface area (Å²) in [5.74, 6) is 1.62. The van der Waals surface area contributed by atoms with Gasteiger partial charge in [-0.25, -0.2) is 14.4 Å². The van der Waals surface area contributed by atoms with Gasteiger partial charge in [0, 0.05) is 12.6 Å². The molecule has 2 N–H and O–H groups in total. The molecule has 0 saturated heterocycles. The van der Waals surface area contributed by atoms with E-state index in [1.165, 1.54) is 6.07 Å². The number of nitrogens with one attached hydrogen (secondary N) is 2. The summed E-state index contributed by atoms with van der Waals surface area (Å²) in [6.45, 7) is 4.56. The SMILES string of the molecule is CCNc1cc(Nc2ccccc2F)nc(C)n1. The molecule has 18 heavy (non-hydrogen) atoms. The molecule has 0 aliphatic rings. The highest BCUT2D eigenvalue weighted by molar-refractivity contribution is 5.59. The van der Waals surface area contributed by atoms with Crippen LogP contribution in [0.1, 0.15) is 12.7 Å². The Labute approximate surface area is 105 Å². The fraction of sp³-hybridized carbons (Fsp3) is 0.231. The lowest BCUT2D eigenvalue weighted by atomic mass is 10.3. The third-order valence-corrected chi connectivity index (χ3v) is 2.33. The van der Waals surface area contributed by atoms with Gasteiger partial charge in [0.25, 0.3) is 0 Å². The monoisotopic (exact) mass is 246 g/mol. The zero-order valence-electron chi connectivity index (χ0n) is 10.4. The van der Waals surface area contributed by atoms with Crippen molar-refractivity contribution in [1.82, 2.24) is 9.97 Å². The van der Waals surface area contributed by atoms with Crippen molar-refractivity contribution in [3.8, 4) is 0 Å². The third-order valence-electron chi connectivity index (χ3n) is 2.33. The summed E-state index contributed by atoms with van der Waals surface area (Å²) >= 11 is 0. The van der Waals surface area contributed by atoms with Gasteiger partial charge in [-0.1, -0.05) is 12.1 Å². The van der Waals surface area contributed by atoms with Crippen LogP contribution < -0.4 is 10.6 Å². The van der Waals surface area contributed by atoms with Crippen molar-refractivity contribution < 1.29 is 4.39 Å². The van der Waals surface area contributed by atoms with E-state index in [0.717, 1.165) is 12.4 Å². The van der Waals surface area contributed by atoms with Crippen molar-refractivity contribution in [2.45, 2.75) is 13.8 Å². The predicted molar refractivity (Wildman–Crippen MR) is 70.6 cm³/mol. The van der Waals surface area contributed by atoms with Crippen LogP contribution in [0.25, 0.3) is 0 Å². The fourth-order valence-electron chi connectivity index (χ4n) is 1.60. The molecule has 1 aromatic carbocycles. The fourth-order valence-corrected chi connectivity index (χ4v) is 1.60. The molecule has 4 nitrogen and oxygen atoms in total. The van der Waals surface area contributed by atoms with Gasteiger partial charge >= 0.3 is 0 Å². The quantitative estimate of drug-likeness (QED) is 0.870. The maximum absolute atomic E-state index is 13.5. The van der Waals surface area contributed by atoms with Crippen molar-refractivity contribution in [3.05, 3.63) is 42.0 Å². The van der Waals surface area contributed by atoms with Crippen LogP contribution in [0.15, 0.2) is 30.3 Å². The smallest absolute Gasteiger partial charge is 0.146 e. The van der Waals surface area contributed by atoms with E-state index in [4.69, 9.17) is 0 Å². The zero-order chi connectivity index (χ0) is 13.0. The number of halogens is 1. The highest BCUT2D eigenvalue weighted by atomic mass is 19.1. The average molecular weight is 246 g/mol. The van der Waals surface area contributed by atoms with Crippen LogP contribution in [0.5, 0.6) is 0 Å². The summed E-state index contributed by atoms with van der Waals surface area (Å²) in [5.41, 5.74) is 0.401. The molecule has 1 aromatic heterocycles. The van der Waals surface area contributed by atoms with Gasteiger partial charge in [-0.2, -0.15) is 0 Å². The lowest BCUT2D eigenvalue weighted by Gasteiger charge is -2.09. The number of nitrogens with zero attached hydrogens (tertiary/aromatic N) is 2. The highest BCUT2D eigenvalue weighted by Gasteiger charge is 2.04. The Bertz CT molecular complexity index is 542. The Morgan fingerprint density at radius 2 is 1.89 bits per heavy atom. The van der Waals surface area contributed by atoms with Gasteiger partial charge in [-0.05, 0) is 26.0 Å². The molecule has 0 saturated carbocycles. The van der Waals surface area contributed by atoms with Gasteiger partial charge in [0.2, 0.25) is 0 Å². The molecular weight excluding hydrogens is 231 g/mol. The summed E-state index contributed by atoms with van der Waals surface area (Å²) in [5, 5.41) is 6.05. The first-order valence-electron chi connectivity index (χ1n) is 5.80. The van der Waals surface area contributed by atoms with Crippen molar-refractivity contribution in [1.29, 1.82) is 0 Å². The number of benzene rings is 1.